The largest absolute Gasteiger partial charge is 0.326 e. The highest BCUT2D eigenvalue weighted by molar-refractivity contribution is 6.07. The second kappa shape index (κ2) is 4.04. The van der Waals surface area contributed by atoms with E-state index in [1.807, 2.05) is 24.0 Å². The number of rotatable bonds is 0. The zero-order valence-corrected chi connectivity index (χ0v) is 10.5. The molecule has 1 aromatic carbocycles. The maximum atomic E-state index is 11.5. The van der Waals surface area contributed by atoms with Crippen molar-refractivity contribution in [2.75, 3.05) is 0 Å². The Bertz CT molecular complexity index is 512. The van der Waals surface area contributed by atoms with Crippen LogP contribution in [0.5, 0.6) is 0 Å². The lowest BCUT2D eigenvalue weighted by Gasteiger charge is -2.27. The highest BCUT2D eigenvalue weighted by Gasteiger charge is 2.36. The van der Waals surface area contributed by atoms with E-state index in [4.69, 9.17) is 0 Å². The number of amides is 1. The van der Waals surface area contributed by atoms with Crippen molar-refractivity contribution in [1.29, 1.82) is 0 Å². The van der Waals surface area contributed by atoms with Gasteiger partial charge in [-0.25, -0.2) is 4.99 Å². The fourth-order valence-corrected chi connectivity index (χ4v) is 2.20. The van der Waals surface area contributed by atoms with E-state index in [0.717, 1.165) is 12.2 Å². The number of hydrogen-bond donors (Lipinski definition) is 1. The molecule has 0 aromatic heterocycles. The molecular weight excluding hydrogens is 238 g/mol. The number of hydrogen-bond acceptors (Lipinski definition) is 3. The summed E-state index contributed by atoms with van der Waals surface area (Å²) < 4.78 is 0. The Labute approximate surface area is 106 Å². The van der Waals surface area contributed by atoms with Gasteiger partial charge in [0.05, 0.1) is 5.69 Å². The van der Waals surface area contributed by atoms with Crippen LogP contribution >= 0.6 is 12.4 Å². The number of fused-ring (bicyclic) bond motifs is 2. The van der Waals surface area contributed by atoms with Gasteiger partial charge in [0.25, 0.3) is 0 Å². The molecule has 1 N–H and O–H groups in total. The van der Waals surface area contributed by atoms with Gasteiger partial charge in [0.1, 0.15) is 6.04 Å². The quantitative estimate of drug-likeness (QED) is 0.763. The summed E-state index contributed by atoms with van der Waals surface area (Å²) in [7, 11) is 0. The molecule has 0 radical (unpaired) electrons. The maximum absolute atomic E-state index is 11.5. The number of guanidine groups is 1. The van der Waals surface area contributed by atoms with Gasteiger partial charge in [0.15, 0.2) is 0 Å². The number of benzene rings is 1. The van der Waals surface area contributed by atoms with Crippen molar-refractivity contribution in [3.63, 3.8) is 0 Å². The summed E-state index contributed by atoms with van der Waals surface area (Å²) in [6.07, 6.45) is 0. The van der Waals surface area contributed by atoms with Gasteiger partial charge in [-0.05, 0) is 25.5 Å². The number of carbonyl (C=O) groups is 1. The second-order valence-corrected chi connectivity index (χ2v) is 4.30. The lowest BCUT2D eigenvalue weighted by atomic mass is 10.0. The first-order chi connectivity index (χ1) is 7.66. The third kappa shape index (κ3) is 1.69. The summed E-state index contributed by atoms with van der Waals surface area (Å²) in [4.78, 5) is 18.0. The van der Waals surface area contributed by atoms with Crippen molar-refractivity contribution in [2.24, 2.45) is 4.99 Å². The predicted octanol–water partition coefficient (Wildman–Crippen LogP) is 1.74. The molecule has 0 bridgehead atoms. The van der Waals surface area contributed by atoms with Crippen molar-refractivity contribution >= 4 is 30.0 Å². The van der Waals surface area contributed by atoms with Gasteiger partial charge in [-0.3, -0.25) is 10.1 Å². The van der Waals surface area contributed by atoms with Gasteiger partial charge in [-0.15, -0.1) is 12.4 Å². The number of nitrogens with one attached hydrogen (secondary N) is 1. The average molecular weight is 252 g/mol. The molecule has 2 aliphatic rings. The van der Waals surface area contributed by atoms with Crippen LogP contribution in [0.1, 0.15) is 18.1 Å². The zero-order chi connectivity index (χ0) is 11.3. The SMILES string of the molecule is Cc1cccc2c1CN1C(=N2)NC(=O)C1C.Cl. The topological polar surface area (TPSA) is 44.7 Å². The zero-order valence-electron chi connectivity index (χ0n) is 9.73. The molecule has 0 saturated carbocycles. The van der Waals surface area contributed by atoms with Crippen molar-refractivity contribution in [3.8, 4) is 0 Å². The fourth-order valence-electron chi connectivity index (χ4n) is 2.20. The van der Waals surface area contributed by atoms with Crippen LogP contribution in [-0.4, -0.2) is 22.8 Å². The standard InChI is InChI=1S/C12H13N3O.ClH/c1-7-4-3-5-10-9(7)6-15-8(2)11(16)14-12(15)13-10;/h3-5,8H,6H2,1-2H3,(H,13,14,16);1H. The molecule has 1 amide bonds. The van der Waals surface area contributed by atoms with Gasteiger partial charge in [0, 0.05) is 12.1 Å². The molecule has 1 unspecified atom stereocenters. The van der Waals surface area contributed by atoms with Crippen molar-refractivity contribution in [2.45, 2.75) is 26.4 Å². The van der Waals surface area contributed by atoms with Crippen LogP contribution in [0.2, 0.25) is 0 Å². The third-order valence-electron chi connectivity index (χ3n) is 3.29. The van der Waals surface area contributed by atoms with E-state index >= 15 is 0 Å². The molecule has 90 valence electrons. The van der Waals surface area contributed by atoms with Crippen LogP contribution in [0.15, 0.2) is 23.2 Å². The number of halogens is 1. The Hall–Kier alpha value is -1.55. The van der Waals surface area contributed by atoms with E-state index in [-0.39, 0.29) is 24.4 Å². The fraction of sp³-hybridized carbons (Fsp3) is 0.333. The van der Waals surface area contributed by atoms with Gasteiger partial charge in [0.2, 0.25) is 11.9 Å². The van der Waals surface area contributed by atoms with E-state index < -0.39 is 0 Å². The van der Waals surface area contributed by atoms with Crippen molar-refractivity contribution in [3.05, 3.63) is 29.3 Å². The summed E-state index contributed by atoms with van der Waals surface area (Å²) in [6, 6.07) is 5.94. The van der Waals surface area contributed by atoms with Crippen LogP contribution < -0.4 is 5.32 Å². The van der Waals surface area contributed by atoms with E-state index in [0.29, 0.717) is 5.96 Å². The molecule has 2 heterocycles. The molecule has 0 spiro atoms. The number of nitrogens with zero attached hydrogens (tertiary/aromatic N) is 2. The molecule has 1 aromatic rings. The number of aliphatic imine (C=N–C) groups is 1. The Kier molecular flexibility index (Phi) is 2.83. The molecule has 1 fully saturated rings. The lowest BCUT2D eigenvalue weighted by Crippen LogP contribution is -2.35. The summed E-state index contributed by atoms with van der Waals surface area (Å²) in [6.45, 7) is 4.75. The van der Waals surface area contributed by atoms with Crippen LogP contribution in [0.25, 0.3) is 0 Å². The smallest absolute Gasteiger partial charge is 0.249 e. The summed E-state index contributed by atoms with van der Waals surface area (Å²) in [5.74, 6) is 0.722. The first-order valence-electron chi connectivity index (χ1n) is 5.41. The Morgan fingerprint density at radius 3 is 3.00 bits per heavy atom. The summed E-state index contributed by atoms with van der Waals surface area (Å²) in [5.41, 5.74) is 3.42. The van der Waals surface area contributed by atoms with Crippen LogP contribution in [-0.2, 0) is 11.3 Å². The van der Waals surface area contributed by atoms with Crippen molar-refractivity contribution in [1.82, 2.24) is 10.2 Å². The van der Waals surface area contributed by atoms with Gasteiger partial charge in [-0.2, -0.15) is 0 Å². The van der Waals surface area contributed by atoms with Gasteiger partial charge in [-0.1, -0.05) is 12.1 Å². The molecule has 2 aliphatic heterocycles. The van der Waals surface area contributed by atoms with Crippen LogP contribution in [0, 0.1) is 6.92 Å². The second-order valence-electron chi connectivity index (χ2n) is 4.30. The van der Waals surface area contributed by atoms with E-state index in [1.54, 1.807) is 0 Å². The monoisotopic (exact) mass is 251 g/mol. The minimum atomic E-state index is -0.119. The van der Waals surface area contributed by atoms with E-state index in [9.17, 15) is 4.79 Å². The van der Waals surface area contributed by atoms with E-state index in [2.05, 4.69) is 23.3 Å². The average Bonchev–Trinajstić information content (AvgIpc) is 2.53. The number of aryl methyl sites for hydroxylation is 1. The highest BCUT2D eigenvalue weighted by Crippen LogP contribution is 2.30. The molecule has 17 heavy (non-hydrogen) atoms. The molecule has 4 nitrogen and oxygen atoms in total. The lowest BCUT2D eigenvalue weighted by molar-refractivity contribution is -0.121. The van der Waals surface area contributed by atoms with Crippen LogP contribution in [0.3, 0.4) is 0 Å². The van der Waals surface area contributed by atoms with E-state index in [1.165, 1.54) is 11.1 Å². The molecule has 3 rings (SSSR count). The first-order valence-corrected chi connectivity index (χ1v) is 5.41. The summed E-state index contributed by atoms with van der Waals surface area (Å²) >= 11 is 0. The number of carbonyl (C=O) groups excluding carboxylic acids is 1. The molecular formula is C12H14ClN3O. The predicted molar refractivity (Wildman–Crippen MR) is 68.7 cm³/mol. The van der Waals surface area contributed by atoms with Crippen LogP contribution in [0.4, 0.5) is 5.69 Å². The molecule has 5 heteroatoms. The molecule has 1 atom stereocenters. The molecule has 0 aliphatic carbocycles. The highest BCUT2D eigenvalue weighted by atomic mass is 35.5. The third-order valence-corrected chi connectivity index (χ3v) is 3.29. The first kappa shape index (κ1) is 11.9. The minimum Gasteiger partial charge on any atom is -0.326 e. The maximum Gasteiger partial charge on any atom is 0.249 e. The van der Waals surface area contributed by atoms with Crippen molar-refractivity contribution < 1.29 is 4.79 Å². The molecule has 1 saturated heterocycles. The Balaban J connectivity index is 0.00000108. The normalized spacial score (nSPS) is 21.1. The Morgan fingerprint density at radius 2 is 2.24 bits per heavy atom. The van der Waals surface area contributed by atoms with Gasteiger partial charge < -0.3 is 4.90 Å². The Morgan fingerprint density at radius 1 is 1.47 bits per heavy atom. The summed E-state index contributed by atoms with van der Waals surface area (Å²) in [5, 5.41) is 2.80. The van der Waals surface area contributed by atoms with Gasteiger partial charge >= 0.3 is 0 Å². The minimum absolute atomic E-state index is 0.